The van der Waals surface area contributed by atoms with Gasteiger partial charge in [-0.3, -0.25) is 4.79 Å². The molecule has 7 heteroatoms. The van der Waals surface area contributed by atoms with Gasteiger partial charge in [-0.05, 0) is 13.8 Å². The van der Waals surface area contributed by atoms with Crippen LogP contribution in [0.1, 0.15) is 23.1 Å². The van der Waals surface area contributed by atoms with E-state index in [4.69, 9.17) is 10.8 Å². The quantitative estimate of drug-likeness (QED) is 0.728. The first kappa shape index (κ1) is 10.5. The topological polar surface area (TPSA) is 106 Å². The number of hydrogen-bond donors (Lipinski definition) is 2. The lowest BCUT2D eigenvalue weighted by molar-refractivity contribution is -0.138. The van der Waals surface area contributed by atoms with Crippen LogP contribution in [0.5, 0.6) is 0 Å². The Balaban J connectivity index is 2.65. The van der Waals surface area contributed by atoms with E-state index in [9.17, 15) is 4.79 Å². The monoisotopic (exact) mass is 221 g/mol. The van der Waals surface area contributed by atoms with Gasteiger partial charge in [-0.15, -0.1) is 0 Å². The molecule has 0 bridgehead atoms. The number of carboxylic acids is 1. The first-order valence-corrected chi connectivity index (χ1v) is 4.68. The molecule has 0 aromatic carbocycles. The summed E-state index contributed by atoms with van der Waals surface area (Å²) in [4.78, 5) is 18.9. The molecule has 1 atom stereocenters. The van der Waals surface area contributed by atoms with Crippen LogP contribution in [0, 0.1) is 13.8 Å². The first-order valence-electron chi connectivity index (χ1n) is 4.68. The first-order chi connectivity index (χ1) is 7.50. The van der Waals surface area contributed by atoms with Crippen LogP contribution in [0.2, 0.25) is 0 Å². The zero-order chi connectivity index (χ0) is 11.9. The second-order valence-electron chi connectivity index (χ2n) is 3.49. The molecule has 7 nitrogen and oxygen atoms in total. The lowest BCUT2D eigenvalue weighted by atomic mass is 10.2. The van der Waals surface area contributed by atoms with Gasteiger partial charge < -0.3 is 10.8 Å². The third kappa shape index (κ3) is 1.50. The molecule has 3 N–H and O–H groups in total. The van der Waals surface area contributed by atoms with E-state index in [0.29, 0.717) is 17.2 Å². The van der Waals surface area contributed by atoms with Crippen molar-refractivity contribution in [2.75, 3.05) is 0 Å². The number of hydrogen-bond acceptors (Lipinski definition) is 5. The Morgan fingerprint density at radius 1 is 1.50 bits per heavy atom. The summed E-state index contributed by atoms with van der Waals surface area (Å²) in [6.45, 7) is 3.60. The van der Waals surface area contributed by atoms with Crippen LogP contribution in [-0.4, -0.2) is 30.7 Å². The van der Waals surface area contributed by atoms with Crippen LogP contribution >= 0.6 is 0 Å². The summed E-state index contributed by atoms with van der Waals surface area (Å²) in [5, 5.41) is 13.0. The van der Waals surface area contributed by atoms with Crippen molar-refractivity contribution in [3.05, 3.63) is 23.3 Å². The molecule has 0 radical (unpaired) electrons. The SMILES string of the molecule is Cc1nc2ncc(C(N)C(=O)O)n2nc1C. The highest BCUT2D eigenvalue weighted by Crippen LogP contribution is 2.12. The van der Waals surface area contributed by atoms with Crippen LogP contribution < -0.4 is 5.73 Å². The lowest BCUT2D eigenvalue weighted by Crippen LogP contribution is -2.23. The smallest absolute Gasteiger partial charge is 0.326 e. The average Bonchev–Trinajstić information content (AvgIpc) is 2.60. The summed E-state index contributed by atoms with van der Waals surface area (Å²) in [5.74, 6) is -0.767. The Hall–Kier alpha value is -2.02. The number of aromatic nitrogens is 4. The van der Waals surface area contributed by atoms with Crippen LogP contribution in [0.4, 0.5) is 0 Å². The fourth-order valence-electron chi connectivity index (χ4n) is 1.32. The minimum absolute atomic E-state index is 0.318. The molecular formula is C9H11N5O2. The van der Waals surface area contributed by atoms with Crippen molar-refractivity contribution < 1.29 is 9.90 Å². The summed E-state index contributed by atoms with van der Waals surface area (Å²) >= 11 is 0. The van der Waals surface area contributed by atoms with Crippen LogP contribution in [0.15, 0.2) is 6.20 Å². The number of carbonyl (C=O) groups is 1. The van der Waals surface area contributed by atoms with Crippen molar-refractivity contribution in [3.8, 4) is 0 Å². The number of aliphatic carboxylic acids is 1. The minimum Gasteiger partial charge on any atom is -0.480 e. The lowest BCUT2D eigenvalue weighted by Gasteiger charge is -2.06. The normalized spacial score (nSPS) is 12.9. The number of rotatable bonds is 2. The van der Waals surface area contributed by atoms with E-state index in [1.54, 1.807) is 6.92 Å². The summed E-state index contributed by atoms with van der Waals surface area (Å²) in [7, 11) is 0. The zero-order valence-corrected chi connectivity index (χ0v) is 8.88. The maximum Gasteiger partial charge on any atom is 0.326 e. The van der Waals surface area contributed by atoms with E-state index in [2.05, 4.69) is 15.1 Å². The molecule has 0 saturated heterocycles. The van der Waals surface area contributed by atoms with Crippen molar-refractivity contribution >= 4 is 11.7 Å². The number of aryl methyl sites for hydroxylation is 2. The van der Waals surface area contributed by atoms with Gasteiger partial charge in [0.25, 0.3) is 5.78 Å². The van der Waals surface area contributed by atoms with Gasteiger partial charge in [0.1, 0.15) is 6.04 Å². The summed E-state index contributed by atoms with van der Waals surface area (Å²) in [6, 6.07) is -1.15. The number of imidazole rings is 1. The predicted octanol–water partition coefficient (Wildman–Crippen LogP) is -0.174. The average molecular weight is 221 g/mol. The Kier molecular flexibility index (Phi) is 2.31. The second kappa shape index (κ2) is 3.53. The molecule has 0 amide bonds. The Bertz CT molecular complexity index is 562. The van der Waals surface area contributed by atoms with Crippen LogP contribution in [0.25, 0.3) is 5.78 Å². The highest BCUT2D eigenvalue weighted by molar-refractivity contribution is 5.74. The standard InChI is InChI=1S/C9H11N5O2/c1-4-5(2)13-14-6(7(10)8(15)16)3-11-9(14)12-4/h3,7H,10H2,1-2H3,(H,15,16). The number of fused-ring (bicyclic) bond motifs is 1. The molecule has 2 rings (SSSR count). The van der Waals surface area contributed by atoms with Crippen molar-refractivity contribution in [1.29, 1.82) is 0 Å². The van der Waals surface area contributed by atoms with Gasteiger partial charge in [0.05, 0.1) is 23.3 Å². The highest BCUT2D eigenvalue weighted by atomic mass is 16.4. The number of carboxylic acid groups (broad SMARTS) is 1. The molecule has 2 heterocycles. The fourth-order valence-corrected chi connectivity index (χ4v) is 1.32. The van der Waals surface area contributed by atoms with Gasteiger partial charge in [-0.1, -0.05) is 0 Å². The van der Waals surface area contributed by atoms with Crippen molar-refractivity contribution in [2.45, 2.75) is 19.9 Å². The van der Waals surface area contributed by atoms with E-state index in [1.165, 1.54) is 10.7 Å². The molecule has 16 heavy (non-hydrogen) atoms. The van der Waals surface area contributed by atoms with E-state index >= 15 is 0 Å². The number of nitrogens with two attached hydrogens (primary N) is 1. The minimum atomic E-state index is -1.15. The molecule has 0 aliphatic rings. The summed E-state index contributed by atoms with van der Waals surface area (Å²) in [6.07, 6.45) is 1.38. The van der Waals surface area contributed by atoms with Gasteiger partial charge in [-0.25, -0.2) is 9.97 Å². The summed E-state index contributed by atoms with van der Waals surface area (Å²) < 4.78 is 1.36. The molecule has 84 valence electrons. The zero-order valence-electron chi connectivity index (χ0n) is 8.88. The van der Waals surface area contributed by atoms with Gasteiger partial charge in [0, 0.05) is 0 Å². The van der Waals surface area contributed by atoms with Crippen LogP contribution in [-0.2, 0) is 4.79 Å². The molecule has 2 aromatic rings. The van der Waals surface area contributed by atoms with Crippen molar-refractivity contribution in [2.24, 2.45) is 5.73 Å². The Labute approximate surface area is 90.9 Å². The highest BCUT2D eigenvalue weighted by Gasteiger charge is 2.20. The van der Waals surface area contributed by atoms with E-state index < -0.39 is 12.0 Å². The Morgan fingerprint density at radius 3 is 2.81 bits per heavy atom. The molecule has 0 aliphatic carbocycles. The molecule has 0 spiro atoms. The maximum atomic E-state index is 10.8. The summed E-state index contributed by atoms with van der Waals surface area (Å²) in [5.41, 5.74) is 7.30. The van der Waals surface area contributed by atoms with E-state index in [-0.39, 0.29) is 0 Å². The van der Waals surface area contributed by atoms with Crippen molar-refractivity contribution in [3.63, 3.8) is 0 Å². The molecule has 0 aliphatic heterocycles. The van der Waals surface area contributed by atoms with Gasteiger partial charge in [0.15, 0.2) is 0 Å². The molecule has 0 saturated carbocycles. The number of nitrogens with zero attached hydrogens (tertiary/aromatic N) is 4. The molecule has 0 fully saturated rings. The fraction of sp³-hybridized carbons (Fsp3) is 0.333. The molecule has 2 aromatic heterocycles. The maximum absolute atomic E-state index is 10.8. The second-order valence-corrected chi connectivity index (χ2v) is 3.49. The van der Waals surface area contributed by atoms with Crippen molar-refractivity contribution in [1.82, 2.24) is 19.6 Å². The van der Waals surface area contributed by atoms with Gasteiger partial charge in [0.2, 0.25) is 0 Å². The molecule has 1 unspecified atom stereocenters. The molecular weight excluding hydrogens is 210 g/mol. The predicted molar refractivity (Wildman–Crippen MR) is 54.8 cm³/mol. The third-order valence-electron chi connectivity index (χ3n) is 2.37. The van der Waals surface area contributed by atoms with E-state index in [1.807, 2.05) is 6.92 Å². The third-order valence-corrected chi connectivity index (χ3v) is 2.37. The van der Waals surface area contributed by atoms with Crippen LogP contribution in [0.3, 0.4) is 0 Å². The van der Waals surface area contributed by atoms with Gasteiger partial charge >= 0.3 is 5.97 Å². The largest absolute Gasteiger partial charge is 0.480 e. The van der Waals surface area contributed by atoms with Gasteiger partial charge in [-0.2, -0.15) is 9.61 Å². The Morgan fingerprint density at radius 2 is 2.19 bits per heavy atom. The van der Waals surface area contributed by atoms with E-state index in [0.717, 1.165) is 5.69 Å².